The lowest BCUT2D eigenvalue weighted by Gasteiger charge is -2.08. The van der Waals surface area contributed by atoms with E-state index in [2.05, 4.69) is 0 Å². The molecule has 0 saturated carbocycles. The molecule has 1 aromatic rings. The van der Waals surface area contributed by atoms with Crippen LogP contribution in [0.25, 0.3) is 0 Å². The third kappa shape index (κ3) is 1.80. The highest BCUT2D eigenvalue weighted by Gasteiger charge is 2.08. The zero-order valence-corrected chi connectivity index (χ0v) is 7.70. The van der Waals surface area contributed by atoms with Crippen LogP contribution in [0.5, 0.6) is 11.5 Å². The molecule has 1 N–H and O–H groups in total. The lowest BCUT2D eigenvalue weighted by Crippen LogP contribution is -1.95. The molecule has 0 heterocycles. The summed E-state index contributed by atoms with van der Waals surface area (Å²) in [4.78, 5) is 10.7. The van der Waals surface area contributed by atoms with Gasteiger partial charge in [0.2, 0.25) is 0 Å². The number of hydrogen-bond acceptors (Lipinski definition) is 3. The zero-order valence-electron chi connectivity index (χ0n) is 7.70. The van der Waals surface area contributed by atoms with Gasteiger partial charge < -0.3 is 9.84 Å². The van der Waals surface area contributed by atoms with E-state index in [0.717, 1.165) is 11.8 Å². The number of carbonyl (C=O) groups excluding carboxylic acids is 1. The number of methoxy groups -OCH3 is 1. The van der Waals surface area contributed by atoms with Gasteiger partial charge in [-0.3, -0.25) is 4.79 Å². The number of aromatic hydroxyl groups is 1. The molecule has 0 aliphatic rings. The minimum atomic E-state index is 0.124. The second kappa shape index (κ2) is 3.94. The first-order chi connectivity index (χ1) is 6.22. The van der Waals surface area contributed by atoms with Crippen molar-refractivity contribution in [3.63, 3.8) is 0 Å². The van der Waals surface area contributed by atoms with Crippen LogP contribution >= 0.6 is 0 Å². The predicted molar refractivity (Wildman–Crippen MR) is 49.4 cm³/mol. The van der Waals surface area contributed by atoms with Crippen LogP contribution in [0, 0.1) is 0 Å². The van der Waals surface area contributed by atoms with Gasteiger partial charge in [0, 0.05) is 6.07 Å². The average Bonchev–Trinajstić information content (AvgIpc) is 2.16. The Morgan fingerprint density at radius 3 is 2.69 bits per heavy atom. The molecule has 70 valence electrons. The van der Waals surface area contributed by atoms with Gasteiger partial charge >= 0.3 is 0 Å². The van der Waals surface area contributed by atoms with Gasteiger partial charge in [-0.25, -0.2) is 0 Å². The molecule has 0 aliphatic heterocycles. The normalized spacial score (nSPS) is 9.69. The van der Waals surface area contributed by atoms with Crippen molar-refractivity contribution in [1.82, 2.24) is 0 Å². The van der Waals surface area contributed by atoms with Gasteiger partial charge in [-0.1, -0.05) is 6.92 Å². The Balaban J connectivity index is 3.33. The van der Waals surface area contributed by atoms with Crippen molar-refractivity contribution < 1.29 is 14.6 Å². The third-order valence-electron chi connectivity index (χ3n) is 1.93. The van der Waals surface area contributed by atoms with Crippen LogP contribution in [0.2, 0.25) is 0 Å². The van der Waals surface area contributed by atoms with E-state index in [0.29, 0.717) is 17.7 Å². The fourth-order valence-corrected chi connectivity index (χ4v) is 1.26. The van der Waals surface area contributed by atoms with Crippen LogP contribution in [0.15, 0.2) is 12.1 Å². The minimum Gasteiger partial charge on any atom is -0.508 e. The number of ether oxygens (including phenoxy) is 1. The van der Waals surface area contributed by atoms with Gasteiger partial charge in [0.15, 0.2) is 6.29 Å². The molecule has 0 radical (unpaired) electrons. The maximum absolute atomic E-state index is 10.7. The van der Waals surface area contributed by atoms with Gasteiger partial charge in [-0.2, -0.15) is 0 Å². The molecule has 0 bridgehead atoms. The molecule has 3 heteroatoms. The number of phenols is 1. The fourth-order valence-electron chi connectivity index (χ4n) is 1.26. The molecule has 0 atom stereocenters. The number of aldehydes is 1. The van der Waals surface area contributed by atoms with E-state index in [4.69, 9.17) is 4.74 Å². The van der Waals surface area contributed by atoms with E-state index in [1.165, 1.54) is 13.2 Å². The maximum Gasteiger partial charge on any atom is 0.154 e. The highest BCUT2D eigenvalue weighted by Crippen LogP contribution is 2.26. The highest BCUT2D eigenvalue weighted by molar-refractivity contribution is 5.82. The van der Waals surface area contributed by atoms with Crippen LogP contribution in [0.4, 0.5) is 0 Å². The molecule has 0 spiro atoms. The Morgan fingerprint density at radius 2 is 2.23 bits per heavy atom. The fraction of sp³-hybridized carbons (Fsp3) is 0.300. The van der Waals surface area contributed by atoms with Crippen LogP contribution in [0.1, 0.15) is 22.8 Å². The van der Waals surface area contributed by atoms with E-state index in [9.17, 15) is 9.90 Å². The first-order valence-corrected chi connectivity index (χ1v) is 4.08. The van der Waals surface area contributed by atoms with Crippen molar-refractivity contribution in [2.45, 2.75) is 13.3 Å². The van der Waals surface area contributed by atoms with Gasteiger partial charge in [-0.15, -0.1) is 0 Å². The van der Waals surface area contributed by atoms with Crippen LogP contribution in [-0.2, 0) is 6.42 Å². The minimum absolute atomic E-state index is 0.124. The van der Waals surface area contributed by atoms with Crippen molar-refractivity contribution >= 4 is 6.29 Å². The highest BCUT2D eigenvalue weighted by atomic mass is 16.5. The molecule has 13 heavy (non-hydrogen) atoms. The Bertz CT molecular complexity index is 293. The van der Waals surface area contributed by atoms with E-state index in [-0.39, 0.29) is 5.75 Å². The summed E-state index contributed by atoms with van der Waals surface area (Å²) >= 11 is 0. The lowest BCUT2D eigenvalue weighted by molar-refractivity contribution is 0.111. The van der Waals surface area contributed by atoms with Crippen LogP contribution in [-0.4, -0.2) is 18.5 Å². The monoisotopic (exact) mass is 180 g/mol. The van der Waals surface area contributed by atoms with Gasteiger partial charge in [-0.05, 0) is 18.1 Å². The molecule has 0 unspecified atom stereocenters. The molecular formula is C10H12O3. The van der Waals surface area contributed by atoms with Crippen LogP contribution < -0.4 is 4.74 Å². The smallest absolute Gasteiger partial charge is 0.154 e. The number of carbonyl (C=O) groups is 1. The molecule has 3 nitrogen and oxygen atoms in total. The summed E-state index contributed by atoms with van der Waals surface area (Å²) in [6.07, 6.45) is 1.44. The van der Waals surface area contributed by atoms with Gasteiger partial charge in [0.05, 0.1) is 12.7 Å². The maximum atomic E-state index is 10.7. The molecular weight excluding hydrogens is 168 g/mol. The number of hydrogen-bond donors (Lipinski definition) is 1. The molecule has 0 aliphatic carbocycles. The quantitative estimate of drug-likeness (QED) is 0.721. The van der Waals surface area contributed by atoms with Crippen LogP contribution in [0.3, 0.4) is 0 Å². The zero-order chi connectivity index (χ0) is 9.84. The first-order valence-electron chi connectivity index (χ1n) is 4.08. The third-order valence-corrected chi connectivity index (χ3v) is 1.93. The average molecular weight is 180 g/mol. The Labute approximate surface area is 77.0 Å². The lowest BCUT2D eigenvalue weighted by atomic mass is 10.0. The second-order valence-corrected chi connectivity index (χ2v) is 2.69. The van der Waals surface area contributed by atoms with Gasteiger partial charge in [0.25, 0.3) is 0 Å². The predicted octanol–water partition coefficient (Wildman–Crippen LogP) is 1.78. The van der Waals surface area contributed by atoms with Crippen molar-refractivity contribution in [3.05, 3.63) is 23.3 Å². The summed E-state index contributed by atoms with van der Waals surface area (Å²) in [5.74, 6) is 0.547. The van der Waals surface area contributed by atoms with E-state index in [1.54, 1.807) is 6.07 Å². The molecule has 0 amide bonds. The Morgan fingerprint density at radius 1 is 1.54 bits per heavy atom. The molecule has 0 aromatic heterocycles. The Hall–Kier alpha value is -1.51. The summed E-state index contributed by atoms with van der Waals surface area (Å²) in [7, 11) is 1.47. The largest absolute Gasteiger partial charge is 0.508 e. The molecule has 0 saturated heterocycles. The van der Waals surface area contributed by atoms with Crippen molar-refractivity contribution in [1.29, 1.82) is 0 Å². The molecule has 1 aromatic carbocycles. The van der Waals surface area contributed by atoms with Crippen molar-refractivity contribution in [2.75, 3.05) is 7.11 Å². The first kappa shape index (κ1) is 9.58. The molecule has 0 fully saturated rings. The summed E-state index contributed by atoms with van der Waals surface area (Å²) < 4.78 is 4.97. The summed E-state index contributed by atoms with van der Waals surface area (Å²) in [6.45, 7) is 1.92. The number of phenolic OH excluding ortho intramolecular Hbond substituents is 1. The topological polar surface area (TPSA) is 46.5 Å². The van der Waals surface area contributed by atoms with E-state index in [1.807, 2.05) is 6.92 Å². The van der Waals surface area contributed by atoms with E-state index < -0.39 is 0 Å². The molecule has 1 rings (SSSR count). The standard InChI is InChI=1S/C10H12O3/c1-3-7-4-8(12)5-10(13-2)9(7)6-11/h4-6,12H,3H2,1-2H3. The second-order valence-electron chi connectivity index (χ2n) is 2.69. The number of rotatable bonds is 3. The van der Waals surface area contributed by atoms with E-state index >= 15 is 0 Å². The summed E-state index contributed by atoms with van der Waals surface area (Å²) in [6, 6.07) is 3.01. The summed E-state index contributed by atoms with van der Waals surface area (Å²) in [5, 5.41) is 9.28. The van der Waals surface area contributed by atoms with Crippen molar-refractivity contribution in [2.24, 2.45) is 0 Å². The van der Waals surface area contributed by atoms with Crippen molar-refractivity contribution in [3.8, 4) is 11.5 Å². The number of benzene rings is 1. The Kier molecular flexibility index (Phi) is 2.90. The number of aryl methyl sites for hydroxylation is 1. The van der Waals surface area contributed by atoms with Gasteiger partial charge in [0.1, 0.15) is 11.5 Å². The summed E-state index contributed by atoms with van der Waals surface area (Å²) in [5.41, 5.74) is 1.31. The SMILES string of the molecule is CCc1cc(O)cc(OC)c1C=O.